The first kappa shape index (κ1) is 19.1. The molecule has 4 heterocycles. The van der Waals surface area contributed by atoms with E-state index in [9.17, 15) is 4.79 Å². The fourth-order valence-corrected chi connectivity index (χ4v) is 4.10. The number of carbonyl (C=O) groups excluding carboxylic acids is 1. The molecule has 1 amide bonds. The smallest absolute Gasteiger partial charge is 0.238 e. The molecule has 28 heavy (non-hydrogen) atoms. The van der Waals surface area contributed by atoms with Crippen LogP contribution >= 0.6 is 0 Å². The summed E-state index contributed by atoms with van der Waals surface area (Å²) in [5.74, 6) is 4.24. The summed E-state index contributed by atoms with van der Waals surface area (Å²) in [6.45, 7) is 2.19. The van der Waals surface area contributed by atoms with E-state index in [-0.39, 0.29) is 17.9 Å². The van der Waals surface area contributed by atoms with E-state index in [0.29, 0.717) is 31.0 Å². The predicted octanol–water partition coefficient (Wildman–Crippen LogP) is 3.37. The predicted molar refractivity (Wildman–Crippen MR) is 100 cm³/mol. The highest BCUT2D eigenvalue weighted by Crippen LogP contribution is 2.39. The van der Waals surface area contributed by atoms with Crippen LogP contribution in [0.2, 0.25) is 0 Å². The average Bonchev–Trinajstić information content (AvgIpc) is 3.35. The number of likely N-dealkylation sites (tertiary alicyclic amines) is 1. The van der Waals surface area contributed by atoms with Crippen molar-refractivity contribution in [1.82, 2.24) is 15.1 Å². The van der Waals surface area contributed by atoms with E-state index in [4.69, 9.17) is 15.6 Å². The molecule has 4 rings (SSSR count). The lowest BCUT2D eigenvalue weighted by molar-refractivity contribution is -0.136. The number of carbonyl (C=O) groups is 1. The molecule has 3 aliphatic heterocycles. The molecule has 3 aliphatic rings. The fourth-order valence-electron chi connectivity index (χ4n) is 4.10. The Balaban J connectivity index is 1.38. The molecule has 2 fully saturated rings. The van der Waals surface area contributed by atoms with E-state index < -0.39 is 5.66 Å². The number of rotatable bonds is 7. The Morgan fingerprint density at radius 1 is 1.14 bits per heavy atom. The van der Waals surface area contributed by atoms with Crippen molar-refractivity contribution in [2.45, 2.75) is 75.4 Å². The lowest BCUT2D eigenvalue weighted by Crippen LogP contribution is -2.39. The first-order chi connectivity index (χ1) is 13.7. The highest BCUT2D eigenvalue weighted by molar-refractivity contribution is 5.76. The summed E-state index contributed by atoms with van der Waals surface area (Å²) in [5.41, 5.74) is -0.423. The second-order valence-corrected chi connectivity index (χ2v) is 7.85. The van der Waals surface area contributed by atoms with E-state index in [0.717, 1.165) is 58.3 Å². The molecule has 0 bridgehead atoms. The molecule has 150 valence electrons. The summed E-state index contributed by atoms with van der Waals surface area (Å²) in [5, 5.41) is 16.8. The van der Waals surface area contributed by atoms with Crippen LogP contribution in [0.4, 0.5) is 0 Å². The summed E-state index contributed by atoms with van der Waals surface area (Å²) in [7, 11) is 0. The molecule has 1 aromatic heterocycles. The van der Waals surface area contributed by atoms with Crippen molar-refractivity contribution < 1.29 is 13.9 Å². The van der Waals surface area contributed by atoms with Gasteiger partial charge in [0, 0.05) is 51.4 Å². The summed E-state index contributed by atoms with van der Waals surface area (Å²) in [6.07, 6.45) is 12.4. The SMILES string of the molecule is C#CCCC1(CCC(=O)N2CCCCC2c2nnc(C3CCOCC3)o2)N=N1. The molecular weight excluding hydrogens is 358 g/mol. The standard InChI is InChI=1S/C20H27N5O3/c1-2-3-10-20(23-24-20)11-7-17(26)25-12-5-4-6-16(25)19-22-21-18(28-19)15-8-13-27-14-9-15/h1,15-16H,3-14H2. The van der Waals surface area contributed by atoms with Crippen molar-refractivity contribution in [3.63, 3.8) is 0 Å². The van der Waals surface area contributed by atoms with E-state index in [2.05, 4.69) is 26.3 Å². The van der Waals surface area contributed by atoms with Crippen molar-refractivity contribution in [2.24, 2.45) is 10.2 Å². The molecule has 0 spiro atoms. The number of hydrogen-bond donors (Lipinski definition) is 0. The number of aromatic nitrogens is 2. The molecule has 8 nitrogen and oxygen atoms in total. The molecule has 1 aromatic rings. The van der Waals surface area contributed by atoms with Gasteiger partial charge >= 0.3 is 0 Å². The number of amides is 1. The Morgan fingerprint density at radius 2 is 1.93 bits per heavy atom. The van der Waals surface area contributed by atoms with Gasteiger partial charge in [0.1, 0.15) is 6.04 Å². The number of terminal acetylenes is 1. The first-order valence-corrected chi connectivity index (χ1v) is 10.3. The van der Waals surface area contributed by atoms with Crippen molar-refractivity contribution >= 4 is 5.91 Å². The Labute approximate surface area is 165 Å². The lowest BCUT2D eigenvalue weighted by atomic mass is 9.98. The van der Waals surface area contributed by atoms with E-state index in [1.807, 2.05) is 4.90 Å². The maximum Gasteiger partial charge on any atom is 0.238 e. The van der Waals surface area contributed by atoms with Crippen LogP contribution in [0.15, 0.2) is 14.6 Å². The zero-order chi connectivity index (χ0) is 19.4. The molecular formula is C20H27N5O3. The van der Waals surface area contributed by atoms with Crippen LogP contribution in [0, 0.1) is 12.3 Å². The molecule has 0 radical (unpaired) electrons. The van der Waals surface area contributed by atoms with Gasteiger partial charge < -0.3 is 14.1 Å². The van der Waals surface area contributed by atoms with Crippen LogP contribution in [0.3, 0.4) is 0 Å². The van der Waals surface area contributed by atoms with Gasteiger partial charge in [0.25, 0.3) is 0 Å². The Hall–Kier alpha value is -2.27. The number of piperidine rings is 1. The van der Waals surface area contributed by atoms with Gasteiger partial charge in [0.05, 0.1) is 0 Å². The van der Waals surface area contributed by atoms with Gasteiger partial charge in [-0.2, -0.15) is 10.2 Å². The summed E-state index contributed by atoms with van der Waals surface area (Å²) < 4.78 is 11.4. The molecule has 0 aromatic carbocycles. The van der Waals surface area contributed by atoms with E-state index >= 15 is 0 Å². The third kappa shape index (κ3) is 4.25. The number of ether oxygens (including phenoxy) is 1. The molecule has 0 saturated carbocycles. The van der Waals surface area contributed by atoms with Gasteiger partial charge in [0.15, 0.2) is 5.66 Å². The minimum Gasteiger partial charge on any atom is -0.423 e. The Morgan fingerprint density at radius 3 is 2.68 bits per heavy atom. The monoisotopic (exact) mass is 385 g/mol. The van der Waals surface area contributed by atoms with Crippen LogP contribution in [0.5, 0.6) is 0 Å². The third-order valence-corrected chi connectivity index (χ3v) is 5.93. The topological polar surface area (TPSA) is 93.2 Å². The van der Waals surface area contributed by atoms with Crippen molar-refractivity contribution in [3.05, 3.63) is 11.8 Å². The minimum atomic E-state index is -0.423. The number of hydrogen-bond acceptors (Lipinski definition) is 7. The first-order valence-electron chi connectivity index (χ1n) is 10.3. The van der Waals surface area contributed by atoms with Gasteiger partial charge in [-0.05, 0) is 32.1 Å². The lowest BCUT2D eigenvalue weighted by Gasteiger charge is -2.33. The van der Waals surface area contributed by atoms with Gasteiger partial charge in [-0.1, -0.05) is 0 Å². The van der Waals surface area contributed by atoms with Crippen LogP contribution < -0.4 is 0 Å². The summed E-state index contributed by atoms with van der Waals surface area (Å²) >= 11 is 0. The molecule has 0 aliphatic carbocycles. The van der Waals surface area contributed by atoms with Gasteiger partial charge in [-0.15, -0.1) is 22.5 Å². The van der Waals surface area contributed by atoms with Crippen LogP contribution in [-0.4, -0.2) is 46.4 Å². The zero-order valence-corrected chi connectivity index (χ0v) is 16.2. The molecule has 1 unspecified atom stereocenters. The van der Waals surface area contributed by atoms with E-state index in [1.165, 1.54) is 0 Å². The second-order valence-electron chi connectivity index (χ2n) is 7.85. The maximum atomic E-state index is 12.9. The maximum absolute atomic E-state index is 12.9. The van der Waals surface area contributed by atoms with Gasteiger partial charge in [-0.3, -0.25) is 4.79 Å². The van der Waals surface area contributed by atoms with Crippen molar-refractivity contribution in [3.8, 4) is 12.3 Å². The largest absolute Gasteiger partial charge is 0.423 e. The van der Waals surface area contributed by atoms with Crippen molar-refractivity contribution in [2.75, 3.05) is 19.8 Å². The minimum absolute atomic E-state index is 0.105. The highest BCUT2D eigenvalue weighted by Gasteiger charge is 2.41. The fraction of sp³-hybridized carbons (Fsp3) is 0.750. The Kier molecular flexibility index (Phi) is 5.72. The normalized spacial score (nSPS) is 24.1. The second kappa shape index (κ2) is 8.39. The van der Waals surface area contributed by atoms with Gasteiger partial charge in [0.2, 0.25) is 17.7 Å². The Bertz CT molecular complexity index is 756. The van der Waals surface area contributed by atoms with Crippen LogP contribution in [0.1, 0.15) is 81.5 Å². The van der Waals surface area contributed by atoms with Crippen LogP contribution in [-0.2, 0) is 9.53 Å². The van der Waals surface area contributed by atoms with Gasteiger partial charge in [-0.25, -0.2) is 0 Å². The molecule has 8 heteroatoms. The quantitative estimate of drug-likeness (QED) is 0.671. The zero-order valence-electron chi connectivity index (χ0n) is 16.2. The number of nitrogens with zero attached hydrogens (tertiary/aromatic N) is 5. The molecule has 0 N–H and O–H groups in total. The summed E-state index contributed by atoms with van der Waals surface area (Å²) in [6, 6.07) is -0.128. The van der Waals surface area contributed by atoms with E-state index in [1.54, 1.807) is 0 Å². The average molecular weight is 385 g/mol. The molecule has 2 saturated heterocycles. The summed E-state index contributed by atoms with van der Waals surface area (Å²) in [4.78, 5) is 14.8. The molecule has 1 atom stereocenters. The third-order valence-electron chi connectivity index (χ3n) is 5.93. The van der Waals surface area contributed by atoms with Crippen molar-refractivity contribution in [1.29, 1.82) is 0 Å². The van der Waals surface area contributed by atoms with Crippen LogP contribution in [0.25, 0.3) is 0 Å². The highest BCUT2D eigenvalue weighted by atomic mass is 16.5.